The molecule has 6 nitrogen and oxygen atoms in total. The van der Waals surface area contributed by atoms with Crippen molar-refractivity contribution in [2.75, 3.05) is 43.1 Å². The van der Waals surface area contributed by atoms with Crippen molar-refractivity contribution >= 4 is 33.0 Å². The standard InChI is InChI=1S/C17H18BrN3O3/c1-24-15-5-3-14(4-6-15)19-8-10-20(11-9-19)16-7-2-13(18)12-17(16)21(22)23/h2-7,12H,8-11H2,1H3. The highest BCUT2D eigenvalue weighted by atomic mass is 79.9. The first-order valence-corrected chi connectivity index (χ1v) is 8.45. The van der Waals surface area contributed by atoms with Crippen LogP contribution in [0.4, 0.5) is 17.1 Å². The third kappa shape index (κ3) is 3.46. The minimum Gasteiger partial charge on any atom is -0.497 e. The normalized spacial score (nSPS) is 14.6. The molecule has 24 heavy (non-hydrogen) atoms. The fourth-order valence-corrected chi connectivity index (χ4v) is 3.26. The summed E-state index contributed by atoms with van der Waals surface area (Å²) in [5.41, 5.74) is 1.96. The van der Waals surface area contributed by atoms with E-state index >= 15 is 0 Å². The van der Waals surface area contributed by atoms with Gasteiger partial charge in [0.25, 0.3) is 5.69 Å². The second kappa shape index (κ2) is 7.09. The summed E-state index contributed by atoms with van der Waals surface area (Å²) < 4.78 is 5.90. The molecule has 0 unspecified atom stereocenters. The van der Waals surface area contributed by atoms with E-state index in [2.05, 4.69) is 25.7 Å². The summed E-state index contributed by atoms with van der Waals surface area (Å²) in [4.78, 5) is 15.3. The second-order valence-corrected chi connectivity index (χ2v) is 6.48. The Balaban J connectivity index is 1.72. The summed E-state index contributed by atoms with van der Waals surface area (Å²) in [6.07, 6.45) is 0. The average Bonchev–Trinajstić information content (AvgIpc) is 2.62. The molecule has 1 aliphatic heterocycles. The number of ether oxygens (including phenoxy) is 1. The minimum absolute atomic E-state index is 0.141. The lowest BCUT2D eigenvalue weighted by molar-refractivity contribution is -0.384. The van der Waals surface area contributed by atoms with Gasteiger partial charge in [-0.05, 0) is 36.4 Å². The zero-order valence-corrected chi connectivity index (χ0v) is 14.9. The quantitative estimate of drug-likeness (QED) is 0.587. The third-order valence-corrected chi connectivity index (χ3v) is 4.69. The van der Waals surface area contributed by atoms with Gasteiger partial charge in [0.15, 0.2) is 0 Å². The first-order valence-electron chi connectivity index (χ1n) is 7.66. The molecule has 1 aliphatic rings. The monoisotopic (exact) mass is 391 g/mol. The molecule has 0 aromatic heterocycles. The van der Waals surface area contributed by atoms with Crippen molar-refractivity contribution < 1.29 is 9.66 Å². The molecule has 2 aromatic rings. The molecule has 3 rings (SSSR count). The van der Waals surface area contributed by atoms with Crippen LogP contribution in [0.15, 0.2) is 46.9 Å². The molecule has 1 saturated heterocycles. The summed E-state index contributed by atoms with van der Waals surface area (Å²) in [6.45, 7) is 3.13. The highest BCUT2D eigenvalue weighted by molar-refractivity contribution is 9.10. The zero-order valence-electron chi connectivity index (χ0n) is 13.3. The molecule has 0 bridgehead atoms. The van der Waals surface area contributed by atoms with Crippen LogP contribution in [0.3, 0.4) is 0 Å². The van der Waals surface area contributed by atoms with Crippen LogP contribution < -0.4 is 14.5 Å². The molecule has 0 saturated carbocycles. The number of anilines is 2. The van der Waals surface area contributed by atoms with Crippen LogP contribution >= 0.6 is 15.9 Å². The Hall–Kier alpha value is -2.28. The number of nitrogens with zero attached hydrogens (tertiary/aromatic N) is 3. The fourth-order valence-electron chi connectivity index (χ4n) is 2.91. The van der Waals surface area contributed by atoms with Gasteiger partial charge in [-0.3, -0.25) is 10.1 Å². The minimum atomic E-state index is -0.323. The molecule has 7 heteroatoms. The van der Waals surface area contributed by atoms with Gasteiger partial charge in [-0.15, -0.1) is 0 Å². The molecular formula is C17H18BrN3O3. The predicted octanol–water partition coefficient (Wildman–Crippen LogP) is 3.69. The van der Waals surface area contributed by atoms with E-state index in [1.54, 1.807) is 13.2 Å². The number of halogens is 1. The Kier molecular flexibility index (Phi) is 4.89. The van der Waals surface area contributed by atoms with E-state index in [0.29, 0.717) is 5.69 Å². The zero-order chi connectivity index (χ0) is 17.1. The topological polar surface area (TPSA) is 58.8 Å². The van der Waals surface area contributed by atoms with Crippen molar-refractivity contribution in [2.24, 2.45) is 0 Å². The number of methoxy groups -OCH3 is 1. The van der Waals surface area contributed by atoms with Crippen molar-refractivity contribution in [1.29, 1.82) is 0 Å². The molecule has 126 valence electrons. The van der Waals surface area contributed by atoms with Gasteiger partial charge in [-0.25, -0.2) is 0 Å². The molecular weight excluding hydrogens is 374 g/mol. The summed E-state index contributed by atoms with van der Waals surface area (Å²) in [6, 6.07) is 13.2. The van der Waals surface area contributed by atoms with Gasteiger partial charge in [-0.2, -0.15) is 0 Å². The third-order valence-electron chi connectivity index (χ3n) is 4.19. The SMILES string of the molecule is COc1ccc(N2CCN(c3ccc(Br)cc3[N+](=O)[O-])CC2)cc1. The molecule has 0 N–H and O–H groups in total. The van der Waals surface area contributed by atoms with Crippen LogP contribution in [-0.2, 0) is 0 Å². The number of nitro groups is 1. The lowest BCUT2D eigenvalue weighted by atomic mass is 10.2. The largest absolute Gasteiger partial charge is 0.497 e. The Morgan fingerprint density at radius 1 is 1.04 bits per heavy atom. The maximum Gasteiger partial charge on any atom is 0.293 e. The number of rotatable bonds is 4. The lowest BCUT2D eigenvalue weighted by Crippen LogP contribution is -2.46. The van der Waals surface area contributed by atoms with Gasteiger partial charge in [0.1, 0.15) is 11.4 Å². The van der Waals surface area contributed by atoms with Crippen molar-refractivity contribution in [3.63, 3.8) is 0 Å². The average molecular weight is 392 g/mol. The van der Waals surface area contributed by atoms with E-state index in [1.807, 2.05) is 36.4 Å². The molecule has 1 fully saturated rings. The predicted molar refractivity (Wildman–Crippen MR) is 98.2 cm³/mol. The van der Waals surface area contributed by atoms with E-state index < -0.39 is 0 Å². The van der Waals surface area contributed by atoms with Crippen molar-refractivity contribution in [3.8, 4) is 5.75 Å². The van der Waals surface area contributed by atoms with Crippen LogP contribution in [0.2, 0.25) is 0 Å². The van der Waals surface area contributed by atoms with Gasteiger partial charge in [0, 0.05) is 42.4 Å². The van der Waals surface area contributed by atoms with E-state index in [-0.39, 0.29) is 10.6 Å². The van der Waals surface area contributed by atoms with Crippen LogP contribution in [0, 0.1) is 10.1 Å². The summed E-state index contributed by atoms with van der Waals surface area (Å²) in [5, 5.41) is 11.3. The maximum atomic E-state index is 11.3. The van der Waals surface area contributed by atoms with Crippen molar-refractivity contribution in [1.82, 2.24) is 0 Å². The fraction of sp³-hybridized carbons (Fsp3) is 0.294. The van der Waals surface area contributed by atoms with E-state index in [4.69, 9.17) is 4.74 Å². The first kappa shape index (κ1) is 16.6. The summed E-state index contributed by atoms with van der Waals surface area (Å²) in [7, 11) is 1.65. The molecule has 0 radical (unpaired) electrons. The Labute approximate surface area is 148 Å². The van der Waals surface area contributed by atoms with Gasteiger partial charge in [-0.1, -0.05) is 15.9 Å². The Morgan fingerprint density at radius 2 is 1.67 bits per heavy atom. The van der Waals surface area contributed by atoms with Gasteiger partial charge >= 0.3 is 0 Å². The highest BCUT2D eigenvalue weighted by Crippen LogP contribution is 2.32. The van der Waals surface area contributed by atoms with Crippen LogP contribution in [-0.4, -0.2) is 38.2 Å². The number of piperazine rings is 1. The molecule has 1 heterocycles. The van der Waals surface area contributed by atoms with Gasteiger partial charge in [0.05, 0.1) is 12.0 Å². The molecule has 0 amide bonds. The number of hydrogen-bond acceptors (Lipinski definition) is 5. The van der Waals surface area contributed by atoms with Crippen LogP contribution in [0.1, 0.15) is 0 Å². The summed E-state index contributed by atoms with van der Waals surface area (Å²) in [5.74, 6) is 0.836. The Bertz CT molecular complexity index is 728. The van der Waals surface area contributed by atoms with Crippen LogP contribution in [0.5, 0.6) is 5.75 Å². The van der Waals surface area contributed by atoms with E-state index in [0.717, 1.165) is 42.1 Å². The van der Waals surface area contributed by atoms with Crippen molar-refractivity contribution in [3.05, 3.63) is 57.1 Å². The second-order valence-electron chi connectivity index (χ2n) is 5.56. The lowest BCUT2D eigenvalue weighted by Gasteiger charge is -2.37. The molecule has 2 aromatic carbocycles. The molecule has 0 spiro atoms. The van der Waals surface area contributed by atoms with E-state index in [1.165, 1.54) is 0 Å². The number of nitro benzene ring substituents is 1. The summed E-state index contributed by atoms with van der Waals surface area (Å²) >= 11 is 3.30. The Morgan fingerprint density at radius 3 is 2.25 bits per heavy atom. The van der Waals surface area contributed by atoms with Gasteiger partial charge < -0.3 is 14.5 Å². The molecule has 0 aliphatic carbocycles. The van der Waals surface area contributed by atoms with E-state index in [9.17, 15) is 10.1 Å². The number of benzene rings is 2. The van der Waals surface area contributed by atoms with Gasteiger partial charge in [0.2, 0.25) is 0 Å². The van der Waals surface area contributed by atoms with Crippen molar-refractivity contribution in [2.45, 2.75) is 0 Å². The maximum absolute atomic E-state index is 11.3. The first-order chi connectivity index (χ1) is 11.6. The smallest absolute Gasteiger partial charge is 0.293 e. The molecule has 0 atom stereocenters. The number of hydrogen-bond donors (Lipinski definition) is 0. The van der Waals surface area contributed by atoms with Crippen LogP contribution in [0.25, 0.3) is 0 Å². The highest BCUT2D eigenvalue weighted by Gasteiger charge is 2.24.